The molecule has 1 aromatic carbocycles. The maximum Gasteiger partial charge on any atom is 0.223 e. The number of hydrogen-bond acceptors (Lipinski definition) is 3. The van der Waals surface area contributed by atoms with Crippen molar-refractivity contribution in [3.05, 3.63) is 54.4 Å². The molecule has 0 aliphatic carbocycles. The summed E-state index contributed by atoms with van der Waals surface area (Å²) in [5.74, 6) is 1.29. The van der Waals surface area contributed by atoms with E-state index in [4.69, 9.17) is 0 Å². The quantitative estimate of drug-likeness (QED) is 0.844. The summed E-state index contributed by atoms with van der Waals surface area (Å²) in [7, 11) is 0. The van der Waals surface area contributed by atoms with Crippen LogP contribution in [0.25, 0.3) is 0 Å². The maximum absolute atomic E-state index is 12.7. The second kappa shape index (κ2) is 7.68. The predicted octanol–water partition coefficient (Wildman–Crippen LogP) is 3.37. The number of aryl methyl sites for hydroxylation is 1. The van der Waals surface area contributed by atoms with Crippen molar-refractivity contribution in [1.29, 1.82) is 0 Å². The van der Waals surface area contributed by atoms with E-state index in [9.17, 15) is 4.79 Å². The van der Waals surface area contributed by atoms with Crippen LogP contribution in [0.5, 0.6) is 0 Å². The van der Waals surface area contributed by atoms with E-state index >= 15 is 0 Å². The molecule has 1 aromatic heterocycles. The van der Waals surface area contributed by atoms with Crippen LogP contribution in [0.1, 0.15) is 31.4 Å². The predicted molar refractivity (Wildman–Crippen MR) is 94.3 cm³/mol. The van der Waals surface area contributed by atoms with Gasteiger partial charge in [0.15, 0.2) is 0 Å². The molecule has 2 heterocycles. The topological polar surface area (TPSA) is 38.1 Å². The molecular formula is C18H23N3OS. The van der Waals surface area contributed by atoms with Gasteiger partial charge in [-0.05, 0) is 18.1 Å². The summed E-state index contributed by atoms with van der Waals surface area (Å²) in [5, 5.41) is 4.62. The molecule has 0 radical (unpaired) electrons. The minimum Gasteiger partial charge on any atom is -0.334 e. The molecule has 2 atom stereocenters. The van der Waals surface area contributed by atoms with Crippen LogP contribution < -0.4 is 0 Å². The number of nitrogens with zero attached hydrogens (tertiary/aromatic N) is 3. The number of carbonyl (C=O) groups is 1. The highest BCUT2D eigenvalue weighted by Gasteiger charge is 2.32. The molecule has 0 saturated carbocycles. The summed E-state index contributed by atoms with van der Waals surface area (Å²) in [6, 6.07) is 12.5. The van der Waals surface area contributed by atoms with Gasteiger partial charge in [-0.1, -0.05) is 37.3 Å². The Bertz CT molecular complexity index is 614. The fourth-order valence-corrected chi connectivity index (χ4v) is 4.33. The minimum absolute atomic E-state index is 0.187. The first-order chi connectivity index (χ1) is 11.3. The zero-order chi connectivity index (χ0) is 16.1. The molecule has 0 spiro atoms. The van der Waals surface area contributed by atoms with Gasteiger partial charge in [0, 0.05) is 42.9 Å². The van der Waals surface area contributed by atoms with Crippen LogP contribution in [-0.4, -0.2) is 38.1 Å². The number of thioether (sulfide) groups is 1. The Balaban J connectivity index is 1.64. The van der Waals surface area contributed by atoms with Gasteiger partial charge in [-0.25, -0.2) is 0 Å². The number of carbonyl (C=O) groups excluding carboxylic acids is 1. The van der Waals surface area contributed by atoms with Gasteiger partial charge in [0.05, 0.1) is 6.04 Å². The lowest BCUT2D eigenvalue weighted by Crippen LogP contribution is -2.43. The largest absolute Gasteiger partial charge is 0.334 e. The maximum atomic E-state index is 12.7. The zero-order valence-corrected chi connectivity index (χ0v) is 14.3. The monoisotopic (exact) mass is 329 g/mol. The Hall–Kier alpha value is -1.75. The lowest BCUT2D eigenvalue weighted by Gasteiger charge is -2.40. The van der Waals surface area contributed by atoms with Crippen LogP contribution in [0.15, 0.2) is 48.8 Å². The van der Waals surface area contributed by atoms with Gasteiger partial charge in [-0.2, -0.15) is 16.9 Å². The van der Waals surface area contributed by atoms with Gasteiger partial charge in [-0.3, -0.25) is 9.48 Å². The molecule has 3 rings (SSSR count). The summed E-state index contributed by atoms with van der Waals surface area (Å²) in [5.41, 5.74) is 1.24. The number of hydrogen-bond donors (Lipinski definition) is 0. The minimum atomic E-state index is 0.187. The third-order valence-corrected chi connectivity index (χ3v) is 5.49. The first-order valence-corrected chi connectivity index (χ1v) is 9.24. The Morgan fingerprint density at radius 1 is 1.30 bits per heavy atom. The van der Waals surface area contributed by atoms with Crippen molar-refractivity contribution >= 4 is 17.7 Å². The molecule has 1 saturated heterocycles. The van der Waals surface area contributed by atoms with Crippen molar-refractivity contribution in [2.24, 2.45) is 0 Å². The standard InChI is InChI=1S/C18H23N3OS/c1-15-18(16-7-3-2-4-8-16)21(13-14-23-15)17(22)9-5-11-20-12-6-10-19-20/h2-4,6-8,10,12,15,18H,5,9,11,13-14H2,1H3/t15-,18-/m1/s1. The highest BCUT2D eigenvalue weighted by Crippen LogP contribution is 2.36. The highest BCUT2D eigenvalue weighted by molar-refractivity contribution is 8.00. The molecule has 5 heteroatoms. The number of benzene rings is 1. The summed E-state index contributed by atoms with van der Waals surface area (Å²) < 4.78 is 1.89. The van der Waals surface area contributed by atoms with E-state index in [2.05, 4.69) is 41.2 Å². The van der Waals surface area contributed by atoms with Gasteiger partial charge < -0.3 is 4.90 Å². The molecule has 2 aromatic rings. The SMILES string of the molecule is C[C@H]1SCCN(C(=O)CCCn2cccn2)[C@H]1c1ccccc1. The van der Waals surface area contributed by atoms with E-state index in [-0.39, 0.29) is 11.9 Å². The van der Waals surface area contributed by atoms with Crippen molar-refractivity contribution < 1.29 is 4.79 Å². The third kappa shape index (κ3) is 3.96. The molecule has 0 unspecified atom stereocenters. The number of amides is 1. The van der Waals surface area contributed by atoms with E-state index in [1.54, 1.807) is 6.20 Å². The van der Waals surface area contributed by atoms with Crippen LogP contribution in [0, 0.1) is 0 Å². The van der Waals surface area contributed by atoms with Gasteiger partial charge in [-0.15, -0.1) is 0 Å². The normalized spacial score (nSPS) is 21.3. The van der Waals surface area contributed by atoms with E-state index in [1.807, 2.05) is 34.8 Å². The van der Waals surface area contributed by atoms with Crippen molar-refractivity contribution in [2.45, 2.75) is 37.6 Å². The fourth-order valence-electron chi connectivity index (χ4n) is 3.17. The zero-order valence-electron chi connectivity index (χ0n) is 13.5. The van der Waals surface area contributed by atoms with Crippen LogP contribution in [0.4, 0.5) is 0 Å². The molecule has 1 aliphatic heterocycles. The van der Waals surface area contributed by atoms with Gasteiger partial charge >= 0.3 is 0 Å². The van der Waals surface area contributed by atoms with E-state index in [1.165, 1.54) is 5.56 Å². The van der Waals surface area contributed by atoms with E-state index < -0.39 is 0 Å². The highest BCUT2D eigenvalue weighted by atomic mass is 32.2. The molecule has 1 amide bonds. The Kier molecular flexibility index (Phi) is 5.39. The van der Waals surface area contributed by atoms with E-state index in [0.29, 0.717) is 11.7 Å². The van der Waals surface area contributed by atoms with Gasteiger partial charge in [0.25, 0.3) is 0 Å². The summed E-state index contributed by atoms with van der Waals surface area (Å²) >= 11 is 1.96. The summed E-state index contributed by atoms with van der Waals surface area (Å²) in [4.78, 5) is 14.8. The number of rotatable bonds is 5. The lowest BCUT2D eigenvalue weighted by molar-refractivity contribution is -0.133. The Morgan fingerprint density at radius 3 is 2.87 bits per heavy atom. The molecule has 0 N–H and O–H groups in total. The fraction of sp³-hybridized carbons (Fsp3) is 0.444. The van der Waals surface area contributed by atoms with Crippen molar-refractivity contribution in [3.8, 4) is 0 Å². The first kappa shape index (κ1) is 16.1. The summed E-state index contributed by atoms with van der Waals surface area (Å²) in [6.07, 6.45) is 5.13. The summed E-state index contributed by atoms with van der Waals surface area (Å²) in [6.45, 7) is 3.87. The molecule has 122 valence electrons. The smallest absolute Gasteiger partial charge is 0.223 e. The van der Waals surface area contributed by atoms with Gasteiger partial charge in [0.1, 0.15) is 0 Å². The third-order valence-electron chi connectivity index (χ3n) is 4.29. The molecule has 0 bridgehead atoms. The molecule has 4 nitrogen and oxygen atoms in total. The Morgan fingerprint density at radius 2 is 2.13 bits per heavy atom. The van der Waals surface area contributed by atoms with E-state index in [0.717, 1.165) is 25.3 Å². The second-order valence-corrected chi connectivity index (χ2v) is 7.38. The first-order valence-electron chi connectivity index (χ1n) is 8.19. The number of aromatic nitrogens is 2. The average Bonchev–Trinajstić information content (AvgIpc) is 3.08. The Labute approximate surface area is 141 Å². The second-order valence-electron chi connectivity index (χ2n) is 5.89. The molecule has 1 aliphatic rings. The average molecular weight is 329 g/mol. The molecule has 1 fully saturated rings. The van der Waals surface area contributed by atoms with Crippen LogP contribution in [0.3, 0.4) is 0 Å². The van der Waals surface area contributed by atoms with Crippen LogP contribution in [-0.2, 0) is 11.3 Å². The van der Waals surface area contributed by atoms with Crippen LogP contribution in [0.2, 0.25) is 0 Å². The van der Waals surface area contributed by atoms with Crippen molar-refractivity contribution in [2.75, 3.05) is 12.3 Å². The van der Waals surface area contributed by atoms with Gasteiger partial charge in [0.2, 0.25) is 5.91 Å². The molecule has 23 heavy (non-hydrogen) atoms. The van der Waals surface area contributed by atoms with Crippen molar-refractivity contribution in [1.82, 2.24) is 14.7 Å². The van der Waals surface area contributed by atoms with Crippen LogP contribution >= 0.6 is 11.8 Å². The lowest BCUT2D eigenvalue weighted by atomic mass is 10.0. The molecular weight excluding hydrogens is 306 g/mol. The van der Waals surface area contributed by atoms with Crippen molar-refractivity contribution in [3.63, 3.8) is 0 Å².